The first kappa shape index (κ1) is 17.4. The Labute approximate surface area is 138 Å². The zero-order chi connectivity index (χ0) is 17.0. The van der Waals surface area contributed by atoms with E-state index in [2.05, 4.69) is 0 Å². The average molecular weight is 328 g/mol. The van der Waals surface area contributed by atoms with Gasteiger partial charge in [0.15, 0.2) is 8.07 Å². The number of methoxy groups -OCH3 is 1. The van der Waals surface area contributed by atoms with Gasteiger partial charge in [0, 0.05) is 5.92 Å². The van der Waals surface area contributed by atoms with Crippen LogP contribution in [0.1, 0.15) is 18.6 Å². The van der Waals surface area contributed by atoms with E-state index in [9.17, 15) is 9.90 Å². The molecule has 0 unspecified atom stereocenters. The first-order valence-corrected chi connectivity index (χ1v) is 10.8. The first-order valence-electron chi connectivity index (χ1n) is 7.79. The molecule has 0 bridgehead atoms. The number of hydrogen-bond donors (Lipinski definition) is 1. The molecular weight excluding hydrogens is 304 g/mol. The molecule has 4 heteroatoms. The predicted molar refractivity (Wildman–Crippen MR) is 95.7 cm³/mol. The Morgan fingerprint density at radius 1 is 1.09 bits per heavy atom. The normalized spacial score (nSPS) is 14.1. The van der Waals surface area contributed by atoms with Crippen molar-refractivity contribution in [2.45, 2.75) is 26.1 Å². The summed E-state index contributed by atoms with van der Waals surface area (Å²) < 4.78 is 5.19. The molecule has 2 aromatic carbocycles. The molecule has 2 rings (SSSR count). The SMILES string of the molecule is COc1cccc([C@H](O)[C@@H](C)C(=O)[Si](C)(C)c2ccccc2)c1. The summed E-state index contributed by atoms with van der Waals surface area (Å²) >= 11 is 0. The second-order valence-corrected chi connectivity index (χ2v) is 10.7. The highest BCUT2D eigenvalue weighted by Crippen LogP contribution is 2.28. The number of benzene rings is 2. The van der Waals surface area contributed by atoms with Gasteiger partial charge in [-0.2, -0.15) is 0 Å². The van der Waals surface area contributed by atoms with Gasteiger partial charge in [-0.15, -0.1) is 0 Å². The van der Waals surface area contributed by atoms with Crippen molar-refractivity contribution in [2.75, 3.05) is 7.11 Å². The van der Waals surface area contributed by atoms with E-state index < -0.39 is 20.1 Å². The molecule has 0 fully saturated rings. The highest BCUT2D eigenvalue weighted by molar-refractivity contribution is 7.13. The third-order valence-corrected chi connectivity index (χ3v) is 7.90. The highest BCUT2D eigenvalue weighted by atomic mass is 28.3. The van der Waals surface area contributed by atoms with Crippen LogP contribution in [0.3, 0.4) is 0 Å². The summed E-state index contributed by atoms with van der Waals surface area (Å²) in [4.78, 5) is 13.0. The summed E-state index contributed by atoms with van der Waals surface area (Å²) in [7, 11) is -0.705. The molecule has 0 aliphatic heterocycles. The third-order valence-electron chi connectivity index (χ3n) is 4.43. The van der Waals surface area contributed by atoms with Gasteiger partial charge in [0.05, 0.1) is 13.2 Å². The minimum Gasteiger partial charge on any atom is -0.497 e. The van der Waals surface area contributed by atoms with Crippen molar-refractivity contribution < 1.29 is 14.6 Å². The van der Waals surface area contributed by atoms with E-state index in [4.69, 9.17) is 4.74 Å². The quantitative estimate of drug-likeness (QED) is 0.829. The summed E-state index contributed by atoms with van der Waals surface area (Å²) in [6, 6.07) is 17.1. The average Bonchev–Trinajstić information content (AvgIpc) is 2.60. The van der Waals surface area contributed by atoms with Crippen LogP contribution < -0.4 is 9.92 Å². The molecule has 3 nitrogen and oxygen atoms in total. The lowest BCUT2D eigenvalue weighted by Crippen LogP contribution is -2.53. The van der Waals surface area contributed by atoms with Crippen molar-refractivity contribution in [2.24, 2.45) is 5.92 Å². The summed E-state index contributed by atoms with van der Waals surface area (Å²) in [5.74, 6) is 0.227. The van der Waals surface area contributed by atoms with Crippen LogP contribution in [-0.4, -0.2) is 25.7 Å². The fourth-order valence-corrected chi connectivity index (χ4v) is 5.43. The number of ether oxygens (including phenoxy) is 1. The smallest absolute Gasteiger partial charge is 0.157 e. The van der Waals surface area contributed by atoms with Gasteiger partial charge in [0.25, 0.3) is 0 Å². The van der Waals surface area contributed by atoms with Crippen molar-refractivity contribution in [3.8, 4) is 5.75 Å². The van der Waals surface area contributed by atoms with Crippen LogP contribution in [0.5, 0.6) is 5.75 Å². The Morgan fingerprint density at radius 2 is 1.74 bits per heavy atom. The van der Waals surface area contributed by atoms with Crippen LogP contribution in [0.25, 0.3) is 0 Å². The molecule has 0 heterocycles. The second-order valence-electron chi connectivity index (χ2n) is 6.37. The number of aliphatic hydroxyl groups excluding tert-OH is 1. The molecule has 0 saturated carbocycles. The Kier molecular flexibility index (Phi) is 5.39. The van der Waals surface area contributed by atoms with E-state index in [1.54, 1.807) is 13.2 Å². The monoisotopic (exact) mass is 328 g/mol. The van der Waals surface area contributed by atoms with E-state index in [0.29, 0.717) is 11.3 Å². The molecule has 0 spiro atoms. The number of carbonyl (C=O) groups is 1. The summed E-state index contributed by atoms with van der Waals surface area (Å²) in [5, 5.41) is 11.9. The highest BCUT2D eigenvalue weighted by Gasteiger charge is 2.38. The zero-order valence-electron chi connectivity index (χ0n) is 14.1. The van der Waals surface area contributed by atoms with E-state index in [1.807, 2.05) is 68.5 Å². The van der Waals surface area contributed by atoms with Gasteiger partial charge in [0.1, 0.15) is 11.2 Å². The molecule has 0 saturated heterocycles. The molecule has 0 aliphatic rings. The maximum absolute atomic E-state index is 13.0. The molecule has 0 radical (unpaired) electrons. The lowest BCUT2D eigenvalue weighted by Gasteiger charge is -2.28. The topological polar surface area (TPSA) is 46.5 Å². The van der Waals surface area contributed by atoms with Gasteiger partial charge in [-0.3, -0.25) is 0 Å². The van der Waals surface area contributed by atoms with Crippen molar-refractivity contribution in [1.82, 2.24) is 0 Å². The molecule has 0 aliphatic carbocycles. The fraction of sp³-hybridized carbons (Fsp3) is 0.316. The summed E-state index contributed by atoms with van der Waals surface area (Å²) in [6.45, 7) is 5.89. The van der Waals surface area contributed by atoms with E-state index in [1.165, 1.54) is 0 Å². The van der Waals surface area contributed by atoms with E-state index in [-0.39, 0.29) is 5.41 Å². The molecular formula is C19H24O3Si. The Bertz CT molecular complexity index is 667. The number of rotatable bonds is 6. The third kappa shape index (κ3) is 3.71. The van der Waals surface area contributed by atoms with Gasteiger partial charge in [-0.1, -0.05) is 67.7 Å². The maximum atomic E-state index is 13.0. The van der Waals surface area contributed by atoms with Crippen molar-refractivity contribution in [3.05, 3.63) is 60.2 Å². The fourth-order valence-electron chi connectivity index (χ4n) is 2.82. The molecule has 2 atom stereocenters. The molecule has 23 heavy (non-hydrogen) atoms. The molecule has 0 amide bonds. The van der Waals surface area contributed by atoms with Crippen molar-refractivity contribution in [1.29, 1.82) is 0 Å². The second kappa shape index (κ2) is 7.11. The number of hydrogen-bond acceptors (Lipinski definition) is 3. The minimum atomic E-state index is -2.29. The van der Waals surface area contributed by atoms with Crippen molar-refractivity contribution in [3.63, 3.8) is 0 Å². The Balaban J connectivity index is 2.24. The van der Waals surface area contributed by atoms with E-state index in [0.717, 1.165) is 5.19 Å². The Hall–Kier alpha value is -1.91. The Morgan fingerprint density at radius 3 is 2.35 bits per heavy atom. The largest absolute Gasteiger partial charge is 0.497 e. The van der Waals surface area contributed by atoms with Gasteiger partial charge in [-0.25, -0.2) is 0 Å². The van der Waals surface area contributed by atoms with Crippen LogP contribution in [0.2, 0.25) is 13.1 Å². The molecule has 2 aromatic rings. The lowest BCUT2D eigenvalue weighted by atomic mass is 9.98. The molecule has 122 valence electrons. The first-order chi connectivity index (χ1) is 10.9. The zero-order valence-corrected chi connectivity index (χ0v) is 15.1. The van der Waals surface area contributed by atoms with Gasteiger partial charge >= 0.3 is 0 Å². The van der Waals surface area contributed by atoms with Crippen LogP contribution in [-0.2, 0) is 4.79 Å². The minimum absolute atomic E-state index is 0.152. The van der Waals surface area contributed by atoms with Crippen molar-refractivity contribution >= 4 is 18.7 Å². The van der Waals surface area contributed by atoms with Gasteiger partial charge in [0.2, 0.25) is 0 Å². The van der Waals surface area contributed by atoms with E-state index >= 15 is 0 Å². The lowest BCUT2D eigenvalue weighted by molar-refractivity contribution is -0.118. The summed E-state index contributed by atoms with van der Waals surface area (Å²) in [6.07, 6.45) is -0.826. The van der Waals surface area contributed by atoms with Gasteiger partial charge < -0.3 is 14.6 Å². The standard InChI is InChI=1S/C19H24O3Si/c1-14(18(20)15-9-8-10-16(13-15)22-2)19(21)23(3,4)17-11-6-5-7-12-17/h5-14,18,20H,1-4H3/t14-,18-/m1/s1. The number of carbonyl (C=O) groups excluding carboxylic acids is 1. The van der Waals surface area contributed by atoms with Crippen LogP contribution in [0, 0.1) is 5.92 Å². The van der Waals surface area contributed by atoms with Gasteiger partial charge in [-0.05, 0) is 17.7 Å². The maximum Gasteiger partial charge on any atom is 0.157 e. The summed E-state index contributed by atoms with van der Waals surface area (Å²) in [5.41, 5.74) is 0.711. The van der Waals surface area contributed by atoms with Crippen LogP contribution in [0.15, 0.2) is 54.6 Å². The molecule has 1 N–H and O–H groups in total. The van der Waals surface area contributed by atoms with Crippen LogP contribution >= 0.6 is 0 Å². The predicted octanol–water partition coefficient (Wildman–Crippen LogP) is 3.09. The number of aliphatic hydroxyl groups is 1. The van der Waals surface area contributed by atoms with Crippen LogP contribution in [0.4, 0.5) is 0 Å². The molecule has 0 aromatic heterocycles.